The van der Waals surface area contributed by atoms with Crippen molar-refractivity contribution in [1.82, 2.24) is 9.55 Å². The Morgan fingerprint density at radius 2 is 2.21 bits per heavy atom. The fraction of sp³-hybridized carbons (Fsp3) is 0.125. The first-order chi connectivity index (χ1) is 6.66. The van der Waals surface area contributed by atoms with E-state index in [0.717, 1.165) is 11.0 Å². The minimum atomic E-state index is -1.79. The lowest BCUT2D eigenvalue weighted by atomic mass is 10.2. The molecule has 2 N–H and O–H groups in total. The van der Waals surface area contributed by atoms with Crippen LogP contribution in [0.5, 0.6) is 5.75 Å². The largest absolute Gasteiger partial charge is 0.707 e. The highest BCUT2D eigenvalue weighted by molar-refractivity contribution is 6.33. The summed E-state index contributed by atoms with van der Waals surface area (Å²) in [6.07, 6.45) is 1.68. The summed E-state index contributed by atoms with van der Waals surface area (Å²) < 4.78 is 6.54. The lowest BCUT2D eigenvalue weighted by Gasteiger charge is -2.04. The summed E-state index contributed by atoms with van der Waals surface area (Å²) in [7, 11) is 0.0646. The molecule has 72 valence electrons. The van der Waals surface area contributed by atoms with Crippen molar-refractivity contribution in [3.63, 3.8) is 0 Å². The first-order valence-corrected chi connectivity index (χ1v) is 4.11. The van der Waals surface area contributed by atoms with Crippen LogP contribution in [-0.4, -0.2) is 26.9 Å². The number of fused-ring (bicyclic) bond motifs is 1. The molecule has 1 aromatic heterocycles. The predicted molar refractivity (Wildman–Crippen MR) is 51.5 cm³/mol. The molecular weight excluding hydrogens is 183 g/mol. The Bertz CT molecular complexity index is 455. The van der Waals surface area contributed by atoms with Crippen molar-refractivity contribution in [1.29, 1.82) is 0 Å². The zero-order chi connectivity index (χ0) is 10.1. The van der Waals surface area contributed by atoms with Crippen molar-refractivity contribution in [3.05, 3.63) is 24.5 Å². The molecule has 2 aromatic rings. The fourth-order valence-corrected chi connectivity index (χ4v) is 1.30. The maximum Gasteiger partial charge on any atom is 0.707 e. The van der Waals surface area contributed by atoms with Crippen LogP contribution in [0.1, 0.15) is 0 Å². The summed E-state index contributed by atoms with van der Waals surface area (Å²) in [4.78, 5) is 4.12. The summed E-state index contributed by atoms with van der Waals surface area (Å²) in [5, 5.41) is 17.2. The summed E-state index contributed by atoms with van der Waals surface area (Å²) in [6, 6.07) is 5.09. The Balaban J connectivity index is 2.44. The standard InChI is InChI=1S/C8H9BN2O3/c1-11-5-10-7-3-2-6(4-8(7)11)14-9(12)13/h2-5,12-13H,1H3. The van der Waals surface area contributed by atoms with Crippen LogP contribution in [0.15, 0.2) is 24.5 Å². The second-order valence-electron chi connectivity index (χ2n) is 2.95. The van der Waals surface area contributed by atoms with Crippen molar-refractivity contribution in [3.8, 4) is 5.75 Å². The van der Waals surface area contributed by atoms with Gasteiger partial charge in [-0.05, 0) is 12.1 Å². The number of hydrogen-bond acceptors (Lipinski definition) is 4. The Hall–Kier alpha value is -1.53. The van der Waals surface area contributed by atoms with E-state index in [2.05, 4.69) is 4.98 Å². The molecule has 1 heterocycles. The summed E-state index contributed by atoms with van der Waals surface area (Å²) in [6.45, 7) is 0. The second kappa shape index (κ2) is 3.32. The molecule has 0 fully saturated rings. The van der Waals surface area contributed by atoms with E-state index in [-0.39, 0.29) is 0 Å². The molecule has 0 bridgehead atoms. The van der Waals surface area contributed by atoms with Crippen LogP contribution >= 0.6 is 0 Å². The third-order valence-electron chi connectivity index (χ3n) is 1.94. The van der Waals surface area contributed by atoms with Crippen molar-refractivity contribution < 1.29 is 14.7 Å². The number of aromatic nitrogens is 2. The highest BCUT2D eigenvalue weighted by Gasteiger charge is 2.11. The molecule has 5 nitrogen and oxygen atoms in total. The maximum atomic E-state index is 8.61. The van der Waals surface area contributed by atoms with Crippen molar-refractivity contribution >= 4 is 18.4 Å². The molecule has 0 aliphatic rings. The monoisotopic (exact) mass is 192 g/mol. The van der Waals surface area contributed by atoms with Gasteiger partial charge >= 0.3 is 7.32 Å². The number of nitrogens with zero attached hydrogens (tertiary/aromatic N) is 2. The number of benzene rings is 1. The topological polar surface area (TPSA) is 67.5 Å². The van der Waals surface area contributed by atoms with E-state index in [4.69, 9.17) is 14.7 Å². The van der Waals surface area contributed by atoms with E-state index < -0.39 is 7.32 Å². The van der Waals surface area contributed by atoms with Gasteiger partial charge < -0.3 is 19.3 Å². The molecule has 0 saturated heterocycles. The fourth-order valence-electron chi connectivity index (χ4n) is 1.30. The van der Waals surface area contributed by atoms with Gasteiger partial charge in [0.15, 0.2) is 0 Å². The van der Waals surface area contributed by atoms with Gasteiger partial charge in [0.1, 0.15) is 5.75 Å². The molecule has 6 heteroatoms. The number of imidazole rings is 1. The number of rotatable bonds is 2. The number of hydrogen-bond donors (Lipinski definition) is 2. The van der Waals surface area contributed by atoms with Crippen molar-refractivity contribution in [2.24, 2.45) is 7.05 Å². The average molecular weight is 192 g/mol. The predicted octanol–water partition coefficient (Wildman–Crippen LogP) is -0.0784. The molecular formula is C8H9BN2O3. The van der Waals surface area contributed by atoms with Gasteiger partial charge in [0, 0.05) is 13.1 Å². The van der Waals surface area contributed by atoms with Gasteiger partial charge in [0.2, 0.25) is 0 Å². The van der Waals surface area contributed by atoms with Crippen LogP contribution in [0.2, 0.25) is 0 Å². The Morgan fingerprint density at radius 1 is 1.43 bits per heavy atom. The van der Waals surface area contributed by atoms with Crippen LogP contribution in [0.25, 0.3) is 11.0 Å². The maximum absolute atomic E-state index is 8.61. The van der Waals surface area contributed by atoms with Crippen LogP contribution in [0.3, 0.4) is 0 Å². The van der Waals surface area contributed by atoms with E-state index in [0.29, 0.717) is 5.75 Å². The van der Waals surface area contributed by atoms with Gasteiger partial charge in [-0.15, -0.1) is 0 Å². The average Bonchev–Trinajstić information content (AvgIpc) is 2.47. The van der Waals surface area contributed by atoms with E-state index in [1.807, 2.05) is 11.6 Å². The zero-order valence-corrected chi connectivity index (χ0v) is 7.58. The number of aryl methyl sites for hydroxylation is 1. The Labute approximate surface area is 80.7 Å². The van der Waals surface area contributed by atoms with Gasteiger partial charge in [-0.3, -0.25) is 0 Å². The highest BCUT2D eigenvalue weighted by Crippen LogP contribution is 2.19. The molecule has 1 aromatic carbocycles. The molecule has 0 atom stereocenters. The minimum Gasteiger partial charge on any atom is -0.512 e. The third-order valence-corrected chi connectivity index (χ3v) is 1.94. The van der Waals surface area contributed by atoms with E-state index in [1.54, 1.807) is 24.5 Å². The lowest BCUT2D eigenvalue weighted by Crippen LogP contribution is -2.20. The second-order valence-corrected chi connectivity index (χ2v) is 2.95. The summed E-state index contributed by atoms with van der Waals surface area (Å²) >= 11 is 0. The summed E-state index contributed by atoms with van der Waals surface area (Å²) in [5.74, 6) is 0.399. The Kier molecular flexibility index (Phi) is 2.15. The molecule has 0 unspecified atom stereocenters. The van der Waals surface area contributed by atoms with Crippen LogP contribution in [0.4, 0.5) is 0 Å². The zero-order valence-electron chi connectivity index (χ0n) is 7.58. The molecule has 2 rings (SSSR count). The molecule has 14 heavy (non-hydrogen) atoms. The third kappa shape index (κ3) is 1.57. The molecule has 0 radical (unpaired) electrons. The van der Waals surface area contributed by atoms with Gasteiger partial charge in [0.05, 0.1) is 17.4 Å². The highest BCUT2D eigenvalue weighted by atomic mass is 16.6. The SMILES string of the molecule is Cn1cnc2ccc(OB(O)O)cc21. The lowest BCUT2D eigenvalue weighted by molar-refractivity contribution is 0.288. The van der Waals surface area contributed by atoms with Crippen LogP contribution in [-0.2, 0) is 7.05 Å². The van der Waals surface area contributed by atoms with Crippen LogP contribution in [0, 0.1) is 0 Å². The molecule has 0 saturated carbocycles. The van der Waals surface area contributed by atoms with E-state index >= 15 is 0 Å². The van der Waals surface area contributed by atoms with Gasteiger partial charge in [0.25, 0.3) is 0 Å². The molecule has 0 aliphatic carbocycles. The quantitative estimate of drug-likeness (QED) is 0.653. The smallest absolute Gasteiger partial charge is 0.512 e. The van der Waals surface area contributed by atoms with Crippen molar-refractivity contribution in [2.75, 3.05) is 0 Å². The summed E-state index contributed by atoms with van der Waals surface area (Å²) in [5.41, 5.74) is 1.72. The normalized spacial score (nSPS) is 10.5. The Morgan fingerprint density at radius 3 is 2.93 bits per heavy atom. The van der Waals surface area contributed by atoms with E-state index in [1.165, 1.54) is 0 Å². The van der Waals surface area contributed by atoms with E-state index in [9.17, 15) is 0 Å². The first kappa shape index (κ1) is 9.05. The first-order valence-electron chi connectivity index (χ1n) is 4.11. The molecule has 0 aliphatic heterocycles. The molecule has 0 amide bonds. The van der Waals surface area contributed by atoms with Crippen LogP contribution < -0.4 is 4.65 Å². The molecule has 0 spiro atoms. The van der Waals surface area contributed by atoms with Crippen molar-refractivity contribution in [2.45, 2.75) is 0 Å². The van der Waals surface area contributed by atoms with Gasteiger partial charge in [-0.1, -0.05) is 0 Å². The minimum absolute atomic E-state index is 0.399. The van der Waals surface area contributed by atoms with Gasteiger partial charge in [-0.2, -0.15) is 0 Å². The van der Waals surface area contributed by atoms with Gasteiger partial charge in [-0.25, -0.2) is 4.98 Å².